The zero-order valence-corrected chi connectivity index (χ0v) is 6.16. The Morgan fingerprint density at radius 1 is 1.42 bits per heavy atom. The van der Waals surface area contributed by atoms with Crippen LogP contribution < -0.4 is 4.74 Å². The average molecular weight is 167 g/mol. The molecule has 0 saturated carbocycles. The standard InChI is InChI=1S/C8H6FNO2/c9-5-12-8-3-1-7(2-4-8)10-6-11/h1-4H,5H2. The van der Waals surface area contributed by atoms with Crippen LogP contribution in [0.2, 0.25) is 0 Å². The van der Waals surface area contributed by atoms with Crippen molar-refractivity contribution in [2.75, 3.05) is 6.86 Å². The minimum Gasteiger partial charge on any atom is -0.463 e. The maximum atomic E-state index is 11.6. The van der Waals surface area contributed by atoms with E-state index in [1.807, 2.05) is 0 Å². The molecule has 1 rings (SSSR count). The highest BCUT2D eigenvalue weighted by atomic mass is 19.1. The summed E-state index contributed by atoms with van der Waals surface area (Å²) in [5.41, 5.74) is 0.469. The molecule has 0 bridgehead atoms. The first-order valence-corrected chi connectivity index (χ1v) is 3.23. The van der Waals surface area contributed by atoms with Gasteiger partial charge in [-0.3, -0.25) is 0 Å². The van der Waals surface area contributed by atoms with Gasteiger partial charge < -0.3 is 4.74 Å². The number of halogens is 1. The molecule has 0 fully saturated rings. The van der Waals surface area contributed by atoms with Crippen LogP contribution in [0.15, 0.2) is 29.3 Å². The lowest BCUT2D eigenvalue weighted by Crippen LogP contribution is -1.88. The molecule has 0 radical (unpaired) electrons. The molecule has 0 spiro atoms. The molecule has 0 atom stereocenters. The Morgan fingerprint density at radius 3 is 2.58 bits per heavy atom. The highest BCUT2D eigenvalue weighted by molar-refractivity contribution is 5.49. The van der Waals surface area contributed by atoms with Crippen molar-refractivity contribution in [1.29, 1.82) is 0 Å². The second-order valence-electron chi connectivity index (χ2n) is 1.95. The van der Waals surface area contributed by atoms with Crippen molar-refractivity contribution in [1.82, 2.24) is 0 Å². The van der Waals surface area contributed by atoms with Crippen molar-refractivity contribution >= 4 is 11.8 Å². The van der Waals surface area contributed by atoms with Crippen molar-refractivity contribution in [3.05, 3.63) is 24.3 Å². The van der Waals surface area contributed by atoms with Crippen LogP contribution in [-0.4, -0.2) is 12.9 Å². The van der Waals surface area contributed by atoms with Gasteiger partial charge in [-0.15, -0.1) is 0 Å². The van der Waals surface area contributed by atoms with Crippen molar-refractivity contribution < 1.29 is 13.9 Å². The van der Waals surface area contributed by atoms with E-state index in [0.717, 1.165) is 0 Å². The summed E-state index contributed by atoms with van der Waals surface area (Å²) in [4.78, 5) is 13.2. The van der Waals surface area contributed by atoms with E-state index in [1.54, 1.807) is 0 Å². The van der Waals surface area contributed by atoms with Gasteiger partial charge in [0.1, 0.15) is 5.75 Å². The van der Waals surface area contributed by atoms with Gasteiger partial charge in [0, 0.05) is 0 Å². The van der Waals surface area contributed by atoms with Crippen LogP contribution in [0.25, 0.3) is 0 Å². The number of benzene rings is 1. The van der Waals surface area contributed by atoms with Crippen molar-refractivity contribution in [3.63, 3.8) is 0 Å². The molecule has 0 aliphatic heterocycles. The largest absolute Gasteiger partial charge is 0.463 e. The van der Waals surface area contributed by atoms with E-state index in [0.29, 0.717) is 11.4 Å². The minimum atomic E-state index is -0.865. The van der Waals surface area contributed by atoms with Crippen molar-refractivity contribution in [3.8, 4) is 5.75 Å². The highest BCUT2D eigenvalue weighted by Gasteiger charge is 1.92. The van der Waals surface area contributed by atoms with E-state index in [4.69, 9.17) is 0 Å². The van der Waals surface area contributed by atoms with Gasteiger partial charge in [0.25, 0.3) is 0 Å². The molecule has 0 N–H and O–H groups in total. The van der Waals surface area contributed by atoms with Crippen LogP contribution in [0.1, 0.15) is 0 Å². The first-order valence-electron chi connectivity index (χ1n) is 3.23. The quantitative estimate of drug-likeness (QED) is 0.509. The summed E-state index contributed by atoms with van der Waals surface area (Å²) >= 11 is 0. The highest BCUT2D eigenvalue weighted by Crippen LogP contribution is 2.17. The van der Waals surface area contributed by atoms with Crippen molar-refractivity contribution in [2.24, 2.45) is 4.99 Å². The molecular weight excluding hydrogens is 161 g/mol. The van der Waals surface area contributed by atoms with Gasteiger partial charge >= 0.3 is 0 Å². The molecule has 0 aliphatic rings. The number of alkyl halides is 1. The SMILES string of the molecule is O=C=Nc1ccc(OCF)cc1. The third kappa shape index (κ3) is 2.18. The van der Waals surface area contributed by atoms with Crippen LogP contribution in [-0.2, 0) is 4.79 Å². The van der Waals surface area contributed by atoms with Gasteiger partial charge in [0.2, 0.25) is 12.9 Å². The predicted octanol–water partition coefficient (Wildman–Crippen LogP) is 1.96. The average Bonchev–Trinajstić information content (AvgIpc) is 2.09. The Morgan fingerprint density at radius 2 is 2.08 bits per heavy atom. The number of ether oxygens (including phenoxy) is 1. The van der Waals surface area contributed by atoms with E-state index in [1.165, 1.54) is 30.3 Å². The van der Waals surface area contributed by atoms with E-state index in [9.17, 15) is 9.18 Å². The van der Waals surface area contributed by atoms with E-state index < -0.39 is 6.86 Å². The van der Waals surface area contributed by atoms with Crippen molar-refractivity contribution in [2.45, 2.75) is 0 Å². The van der Waals surface area contributed by atoms with Gasteiger partial charge in [-0.05, 0) is 24.3 Å². The number of aliphatic imine (C=N–C) groups is 1. The summed E-state index contributed by atoms with van der Waals surface area (Å²) in [6.07, 6.45) is 1.40. The zero-order chi connectivity index (χ0) is 8.81. The fourth-order valence-electron chi connectivity index (χ4n) is 0.733. The molecule has 0 unspecified atom stereocenters. The second-order valence-corrected chi connectivity index (χ2v) is 1.95. The molecule has 0 heterocycles. The van der Waals surface area contributed by atoms with Gasteiger partial charge in [0.15, 0.2) is 0 Å². The molecule has 1 aromatic rings. The Balaban J connectivity index is 2.77. The van der Waals surface area contributed by atoms with E-state index in [2.05, 4.69) is 9.73 Å². The smallest absolute Gasteiger partial charge is 0.240 e. The second kappa shape index (κ2) is 4.26. The Hall–Kier alpha value is -1.67. The predicted molar refractivity (Wildman–Crippen MR) is 40.8 cm³/mol. The fourth-order valence-corrected chi connectivity index (χ4v) is 0.733. The number of hydrogen-bond donors (Lipinski definition) is 0. The van der Waals surface area contributed by atoms with Crippen LogP contribution in [0.4, 0.5) is 10.1 Å². The normalized spacial score (nSPS) is 8.75. The van der Waals surface area contributed by atoms with Crippen LogP contribution in [0.3, 0.4) is 0 Å². The first kappa shape index (κ1) is 8.43. The molecule has 4 heteroatoms. The lowest BCUT2D eigenvalue weighted by Gasteiger charge is -1.98. The van der Waals surface area contributed by atoms with E-state index in [-0.39, 0.29) is 0 Å². The Kier molecular flexibility index (Phi) is 2.99. The minimum absolute atomic E-state index is 0.405. The Bertz CT molecular complexity index is 290. The summed E-state index contributed by atoms with van der Waals surface area (Å²) in [6, 6.07) is 6.12. The molecule has 0 amide bonds. The maximum Gasteiger partial charge on any atom is 0.240 e. The molecule has 12 heavy (non-hydrogen) atoms. The van der Waals surface area contributed by atoms with Crippen LogP contribution >= 0.6 is 0 Å². The molecule has 1 aromatic carbocycles. The molecule has 62 valence electrons. The van der Waals surface area contributed by atoms with Crippen LogP contribution in [0.5, 0.6) is 5.75 Å². The zero-order valence-electron chi connectivity index (χ0n) is 6.16. The number of isocyanates is 1. The molecular formula is C8H6FNO2. The summed E-state index contributed by atoms with van der Waals surface area (Å²) in [5, 5.41) is 0. The van der Waals surface area contributed by atoms with Gasteiger partial charge in [-0.1, -0.05) is 0 Å². The number of nitrogens with zero attached hydrogens (tertiary/aromatic N) is 1. The summed E-state index contributed by atoms with van der Waals surface area (Å²) in [5.74, 6) is 0.405. The Labute approximate surface area is 68.5 Å². The number of hydrogen-bond acceptors (Lipinski definition) is 3. The third-order valence-corrected chi connectivity index (χ3v) is 1.23. The summed E-state index contributed by atoms with van der Waals surface area (Å²) < 4.78 is 16.2. The molecule has 3 nitrogen and oxygen atoms in total. The molecule has 0 aliphatic carbocycles. The first-order chi connectivity index (χ1) is 5.86. The fraction of sp³-hybridized carbons (Fsp3) is 0.125. The monoisotopic (exact) mass is 167 g/mol. The molecule has 0 saturated heterocycles. The van der Waals surface area contributed by atoms with Gasteiger partial charge in [0.05, 0.1) is 5.69 Å². The van der Waals surface area contributed by atoms with Gasteiger partial charge in [-0.25, -0.2) is 9.18 Å². The summed E-state index contributed by atoms with van der Waals surface area (Å²) in [6.45, 7) is -0.865. The number of rotatable bonds is 3. The lowest BCUT2D eigenvalue weighted by molar-refractivity contribution is 0.192. The molecule has 0 aromatic heterocycles. The van der Waals surface area contributed by atoms with Crippen LogP contribution in [0, 0.1) is 0 Å². The number of carbonyl (C=O) groups excluding carboxylic acids is 1. The third-order valence-electron chi connectivity index (χ3n) is 1.23. The van der Waals surface area contributed by atoms with Gasteiger partial charge in [-0.2, -0.15) is 4.99 Å². The maximum absolute atomic E-state index is 11.6. The topological polar surface area (TPSA) is 38.7 Å². The summed E-state index contributed by atoms with van der Waals surface area (Å²) in [7, 11) is 0. The van der Waals surface area contributed by atoms with E-state index >= 15 is 0 Å². The lowest BCUT2D eigenvalue weighted by atomic mass is 10.3.